The smallest absolute Gasteiger partial charge is 0.199 e. The van der Waals surface area contributed by atoms with E-state index in [-0.39, 0.29) is 66.7 Å². The first-order valence-electron chi connectivity index (χ1n) is 15.8. The van der Waals surface area contributed by atoms with Crippen LogP contribution in [0.5, 0.6) is 0 Å². The average Bonchev–Trinajstić information content (AvgIpc) is 3.77. The fourth-order valence-electron chi connectivity index (χ4n) is 5.42. The first kappa shape index (κ1) is 48.9. The van der Waals surface area contributed by atoms with Crippen LogP contribution in [0, 0.1) is 0 Å². The predicted octanol–water partition coefficient (Wildman–Crippen LogP) is 7.70. The van der Waals surface area contributed by atoms with Crippen LogP contribution in [0.1, 0.15) is 34.0 Å². The van der Waals surface area contributed by atoms with E-state index < -0.39 is 0 Å². The summed E-state index contributed by atoms with van der Waals surface area (Å²) in [6.45, 7) is 9.95. The Morgan fingerprint density at radius 3 is 1.16 bits per heavy atom. The summed E-state index contributed by atoms with van der Waals surface area (Å²) in [7, 11) is 4.26. The Morgan fingerprint density at radius 2 is 0.843 bits per heavy atom. The number of hydrogen-bond donors (Lipinski definition) is 0. The fraction of sp³-hybridized carbons (Fsp3) is 0.389. The molecule has 0 saturated carbocycles. The van der Waals surface area contributed by atoms with E-state index in [2.05, 4.69) is 33.7 Å². The summed E-state index contributed by atoms with van der Waals surface area (Å²) >= 11 is 11.8. The predicted molar refractivity (Wildman–Crippen MR) is 217 cm³/mol. The Kier molecular flexibility index (Phi) is 23.2. The van der Waals surface area contributed by atoms with Crippen molar-refractivity contribution in [3.63, 3.8) is 0 Å². The topological polar surface area (TPSA) is 105 Å². The zero-order valence-electron chi connectivity index (χ0n) is 28.7. The van der Waals surface area contributed by atoms with Crippen molar-refractivity contribution < 1.29 is 23.9 Å². The minimum atomic E-state index is 0. The highest BCUT2D eigenvalue weighted by Gasteiger charge is 2.19. The number of furan rings is 2. The van der Waals surface area contributed by atoms with Gasteiger partial charge in [0.2, 0.25) is 0 Å². The second-order valence-electron chi connectivity index (χ2n) is 12.0. The maximum atomic E-state index is 12.3. The van der Waals surface area contributed by atoms with Gasteiger partial charge >= 0.3 is 0 Å². The van der Waals surface area contributed by atoms with E-state index in [0.717, 1.165) is 76.6 Å². The maximum Gasteiger partial charge on any atom is 0.199 e. The maximum absolute atomic E-state index is 12.3. The van der Waals surface area contributed by atoms with Gasteiger partial charge in [0.05, 0.1) is 0 Å². The highest BCUT2D eigenvalue weighted by atomic mass is 35.5. The van der Waals surface area contributed by atoms with E-state index in [1.54, 1.807) is 12.1 Å². The third-order valence-electron chi connectivity index (χ3n) is 8.52. The van der Waals surface area contributed by atoms with Gasteiger partial charge in [-0.15, -0.1) is 49.6 Å². The second-order valence-corrected chi connectivity index (χ2v) is 12.9. The summed E-state index contributed by atoms with van der Waals surface area (Å²) in [6.07, 6.45) is 0.995. The Balaban J connectivity index is 0.000000893. The largest absolute Gasteiger partial charge is 0.453 e. The van der Waals surface area contributed by atoms with Crippen LogP contribution >= 0.6 is 72.8 Å². The van der Waals surface area contributed by atoms with Gasteiger partial charge < -0.3 is 33.9 Å². The molecule has 2 aromatic heterocycles. The van der Waals surface area contributed by atoms with Gasteiger partial charge in [-0.25, -0.2) is 0 Å². The molecule has 0 bridgehead atoms. The molecule has 4 aromatic rings. The lowest BCUT2D eigenvalue weighted by atomic mass is 10.2. The van der Waals surface area contributed by atoms with Crippen LogP contribution < -0.4 is 0 Å². The summed E-state index contributed by atoms with van der Waals surface area (Å²) in [5.74, 6) is 2.38. The molecule has 2 N–H and O–H groups in total. The number of likely N-dealkylation sites (N-methyl/N-ethyl adjacent to an activating group) is 2. The quantitative estimate of drug-likeness (QED) is 0.150. The Morgan fingerprint density at radius 1 is 0.529 bits per heavy atom. The molecule has 15 heteroatoms. The van der Waals surface area contributed by atoms with Crippen molar-refractivity contribution in [3.8, 4) is 22.6 Å². The zero-order chi connectivity index (χ0) is 32.5. The van der Waals surface area contributed by atoms with Gasteiger partial charge in [0.25, 0.3) is 0 Å². The molecule has 0 atom stereocenters. The van der Waals surface area contributed by atoms with Crippen molar-refractivity contribution in [1.82, 2.24) is 19.6 Å². The zero-order valence-corrected chi connectivity index (χ0v) is 33.5. The van der Waals surface area contributed by atoms with Crippen LogP contribution in [0.3, 0.4) is 0 Å². The molecule has 2 aliphatic rings. The lowest BCUT2D eigenvalue weighted by Crippen LogP contribution is -2.45. The number of carbonyl (C=O) groups is 2. The Labute approximate surface area is 335 Å². The van der Waals surface area contributed by atoms with Crippen molar-refractivity contribution in [2.45, 2.75) is 12.8 Å². The number of carbonyl (C=O) groups excluding carboxylic acids is 2. The molecular weight excluding hydrogens is 781 g/mol. The molecule has 2 fully saturated rings. The molecule has 0 aliphatic carbocycles. The van der Waals surface area contributed by atoms with E-state index in [0.29, 0.717) is 45.9 Å². The first-order chi connectivity index (χ1) is 22.2. The molecule has 4 heterocycles. The number of nitrogens with zero attached hydrogens (tertiary/aromatic N) is 4. The van der Waals surface area contributed by atoms with Gasteiger partial charge in [0.1, 0.15) is 11.5 Å². The van der Waals surface area contributed by atoms with Crippen molar-refractivity contribution >= 4 is 84.4 Å². The van der Waals surface area contributed by atoms with E-state index in [9.17, 15) is 9.59 Å². The van der Waals surface area contributed by atoms with E-state index in [1.807, 2.05) is 60.7 Å². The number of benzene rings is 2. The fourth-order valence-corrected chi connectivity index (χ4v) is 5.67. The summed E-state index contributed by atoms with van der Waals surface area (Å²) < 4.78 is 11.4. The normalized spacial score (nSPS) is 15.0. The lowest BCUT2D eigenvalue weighted by molar-refractivity contribution is 0.0909. The molecule has 51 heavy (non-hydrogen) atoms. The number of halogens is 6. The van der Waals surface area contributed by atoms with Crippen molar-refractivity contribution in [2.75, 3.05) is 79.5 Å². The number of Topliss-reactive ketones (excluding diaryl/α,β-unsaturated/α-hetero) is 2. The average molecular weight is 830 g/mol. The minimum Gasteiger partial charge on any atom is -0.453 e. The Hall–Kier alpha value is -2.12. The monoisotopic (exact) mass is 826 g/mol. The molecule has 284 valence electrons. The molecule has 2 saturated heterocycles. The van der Waals surface area contributed by atoms with Crippen molar-refractivity contribution in [1.29, 1.82) is 0 Å². The van der Waals surface area contributed by atoms with Gasteiger partial charge in [0.15, 0.2) is 23.1 Å². The number of ketones is 2. The highest BCUT2D eigenvalue weighted by molar-refractivity contribution is 6.30. The first-order valence-corrected chi connectivity index (χ1v) is 16.6. The Bertz CT molecular complexity index is 1450. The van der Waals surface area contributed by atoms with Crippen LogP contribution in [-0.4, -0.2) is 116 Å². The third-order valence-corrected chi connectivity index (χ3v) is 9.03. The van der Waals surface area contributed by atoms with Gasteiger partial charge in [-0.3, -0.25) is 9.59 Å². The molecule has 6 rings (SSSR count). The van der Waals surface area contributed by atoms with Crippen LogP contribution in [-0.2, 0) is 0 Å². The molecule has 2 aliphatic heterocycles. The lowest BCUT2D eigenvalue weighted by Gasteiger charge is -2.32. The SMILES string of the molecule is CN1CCN(CCC(=O)c2ccc(-c3ccc(Cl)cc3)o2)CC1.CN1CCN(CCC(=O)c2ccc(-c3ccc(Cl)cc3)o2)CC1.Cl.Cl.Cl.Cl.O. The number of piperazine rings is 2. The molecule has 9 nitrogen and oxygen atoms in total. The van der Waals surface area contributed by atoms with Crippen LogP contribution in [0.2, 0.25) is 10.0 Å². The summed E-state index contributed by atoms with van der Waals surface area (Å²) in [4.78, 5) is 33.9. The molecule has 0 radical (unpaired) electrons. The number of rotatable bonds is 10. The van der Waals surface area contributed by atoms with Gasteiger partial charge in [-0.1, -0.05) is 23.2 Å². The molecule has 0 spiro atoms. The number of hydrogen-bond acceptors (Lipinski definition) is 8. The molecule has 0 amide bonds. The van der Waals surface area contributed by atoms with Crippen LogP contribution in [0.15, 0.2) is 81.6 Å². The minimum absolute atomic E-state index is 0. The molecule has 2 aromatic carbocycles. The van der Waals surface area contributed by atoms with Crippen molar-refractivity contribution in [3.05, 3.63) is 94.4 Å². The molecule has 0 unspecified atom stereocenters. The highest BCUT2D eigenvalue weighted by Crippen LogP contribution is 2.26. The molecular formula is C36H48Cl6N4O5. The van der Waals surface area contributed by atoms with Gasteiger partial charge in [-0.2, -0.15) is 0 Å². The third kappa shape index (κ3) is 15.0. The standard InChI is InChI=1S/2C18H21ClN2O2.4ClH.H2O/c2*1-20-10-12-21(13-11-20)9-8-16(22)18-7-6-17(23-18)14-2-4-15(19)5-3-14;;;;;/h2*2-7H,8-13H2,1H3;4*1H;1H2. The van der Waals surface area contributed by atoms with Gasteiger partial charge in [-0.05, 0) is 86.9 Å². The van der Waals surface area contributed by atoms with Gasteiger partial charge in [0, 0.05) is 99.5 Å². The summed E-state index contributed by atoms with van der Waals surface area (Å²) in [6, 6.07) is 22.0. The second kappa shape index (κ2) is 24.2. The van der Waals surface area contributed by atoms with E-state index in [4.69, 9.17) is 32.0 Å². The van der Waals surface area contributed by atoms with Crippen LogP contribution in [0.25, 0.3) is 22.6 Å². The van der Waals surface area contributed by atoms with E-state index >= 15 is 0 Å². The van der Waals surface area contributed by atoms with E-state index in [1.165, 1.54) is 0 Å². The summed E-state index contributed by atoms with van der Waals surface area (Å²) in [5, 5.41) is 1.37. The van der Waals surface area contributed by atoms with Crippen LogP contribution in [0.4, 0.5) is 0 Å². The summed E-state index contributed by atoms with van der Waals surface area (Å²) in [5.41, 5.74) is 1.85. The van der Waals surface area contributed by atoms with Crippen molar-refractivity contribution in [2.24, 2.45) is 0 Å².